The van der Waals surface area contributed by atoms with Crippen molar-refractivity contribution < 1.29 is 54.4 Å². The summed E-state index contributed by atoms with van der Waals surface area (Å²) >= 11 is 0. The zero-order chi connectivity index (χ0) is 34.4. The Morgan fingerprint density at radius 3 is 2.31 bits per heavy atom. The van der Waals surface area contributed by atoms with E-state index in [-0.39, 0.29) is 24.9 Å². The first-order valence-corrected chi connectivity index (χ1v) is 17.6. The Bertz CT molecular complexity index is 1520. The Labute approximate surface area is 280 Å². The maximum atomic E-state index is 13.5. The van der Waals surface area contributed by atoms with Crippen LogP contribution in [0.2, 0.25) is 0 Å². The molecule has 0 radical (unpaired) electrons. The van der Waals surface area contributed by atoms with Crippen molar-refractivity contribution in [2.24, 2.45) is 29.1 Å². The first-order chi connectivity index (χ1) is 22.5. The SMILES string of the molecule is COc1ccc(C(=O)OC2CCC3(C)C4CCC5[C@]6(O)C[C@H](O)[C@@]7(O)C(CN8CC(C)CCC8[C@@]7(C)O)[C@]6(O)C[C@@]53O[C@]24O)cc1OC. The van der Waals surface area contributed by atoms with Crippen molar-refractivity contribution in [2.75, 3.05) is 27.3 Å². The van der Waals surface area contributed by atoms with Crippen LogP contribution in [-0.4, -0.2) is 121 Å². The van der Waals surface area contributed by atoms with Gasteiger partial charge in [0.05, 0.1) is 31.5 Å². The number of methoxy groups -OCH3 is 2. The summed E-state index contributed by atoms with van der Waals surface area (Å²) in [4.78, 5) is 15.6. The minimum atomic E-state index is -2.10. The minimum Gasteiger partial charge on any atom is -0.493 e. The molecule has 0 aromatic heterocycles. The number of aliphatic hydroxyl groups excluding tert-OH is 1. The summed E-state index contributed by atoms with van der Waals surface area (Å²) in [5.74, 6) is -3.63. The van der Waals surface area contributed by atoms with Gasteiger partial charge in [-0.3, -0.25) is 4.90 Å². The summed E-state index contributed by atoms with van der Waals surface area (Å²) in [6.07, 6.45) is 0.172. The van der Waals surface area contributed by atoms with Gasteiger partial charge in [-0.2, -0.15) is 0 Å². The van der Waals surface area contributed by atoms with Crippen LogP contribution >= 0.6 is 0 Å². The normalized spacial score (nSPS) is 53.6. The summed E-state index contributed by atoms with van der Waals surface area (Å²) in [6.45, 7) is 6.57. The number of piperidine rings is 2. The first-order valence-electron chi connectivity index (χ1n) is 17.6. The molecule has 1 aromatic rings. The molecule has 4 bridgehead atoms. The Hall–Kier alpha value is -2.03. The van der Waals surface area contributed by atoms with Crippen LogP contribution in [0.5, 0.6) is 11.5 Å². The maximum Gasteiger partial charge on any atom is 0.338 e. The number of fused-ring (bicyclic) bond motifs is 5. The highest BCUT2D eigenvalue weighted by Crippen LogP contribution is 2.78. The van der Waals surface area contributed by atoms with E-state index in [1.165, 1.54) is 20.3 Å². The Morgan fingerprint density at radius 2 is 1.60 bits per heavy atom. The number of benzene rings is 1. The second kappa shape index (κ2) is 10.1. The smallest absolute Gasteiger partial charge is 0.338 e. The maximum absolute atomic E-state index is 13.5. The van der Waals surface area contributed by atoms with Crippen molar-refractivity contribution in [3.63, 3.8) is 0 Å². The van der Waals surface area contributed by atoms with Crippen LogP contribution in [0, 0.1) is 29.1 Å². The van der Waals surface area contributed by atoms with Crippen molar-refractivity contribution in [1.82, 2.24) is 4.90 Å². The van der Waals surface area contributed by atoms with Crippen LogP contribution in [-0.2, 0) is 9.47 Å². The van der Waals surface area contributed by atoms with Crippen LogP contribution in [0.4, 0.5) is 0 Å². The molecule has 14 atom stereocenters. The lowest BCUT2D eigenvalue weighted by Crippen LogP contribution is -2.85. The fourth-order valence-electron chi connectivity index (χ4n) is 12.6. The molecular weight excluding hydrogens is 622 g/mol. The van der Waals surface area contributed by atoms with Gasteiger partial charge in [-0.05, 0) is 69.6 Å². The number of carbonyl (C=O) groups excluding carboxylic acids is 1. The van der Waals surface area contributed by atoms with E-state index in [1.807, 2.05) is 6.92 Å². The Kier molecular flexibility index (Phi) is 6.94. The van der Waals surface area contributed by atoms with Gasteiger partial charge in [-0.15, -0.1) is 0 Å². The second-order valence-corrected chi connectivity index (χ2v) is 16.8. The van der Waals surface area contributed by atoms with E-state index in [2.05, 4.69) is 11.8 Å². The number of esters is 1. The lowest BCUT2D eigenvalue weighted by molar-refractivity contribution is -0.354. The average Bonchev–Trinajstić information content (AvgIpc) is 3.21. The van der Waals surface area contributed by atoms with Gasteiger partial charge in [0.15, 0.2) is 17.6 Å². The lowest BCUT2D eigenvalue weighted by Gasteiger charge is -2.68. The lowest BCUT2D eigenvalue weighted by atomic mass is 9.49. The van der Waals surface area contributed by atoms with Gasteiger partial charge in [0, 0.05) is 55.1 Å². The average molecular weight is 674 g/mol. The molecule has 12 nitrogen and oxygen atoms in total. The molecule has 8 rings (SSSR count). The molecule has 7 aliphatic rings. The summed E-state index contributed by atoms with van der Waals surface area (Å²) in [5, 5.41) is 74.7. The molecule has 0 amide bonds. The van der Waals surface area contributed by atoms with Gasteiger partial charge in [0.25, 0.3) is 0 Å². The highest BCUT2D eigenvalue weighted by Gasteiger charge is 2.88. The number of hydrogen-bond donors (Lipinski definition) is 6. The standard InChI is InChI=1S/C36H51NO11/c1-19-6-11-26-31(3,40)35(43)25(17-37(26)16-19)33(42)18-34-24(32(33,41)15-27(35)38)10-9-23-30(34,2)13-12-28(36(23,44)48-34)47-29(39)20-7-8-21(45-4)22(14-20)46-5/h7-8,14,19,23-28,38,40-44H,6,9-13,15-18H2,1-5H3/t19?,23?,24?,25?,26?,27-,28?,30?,31+,32+,33+,34+,35-,36-/m0/s1. The molecule has 6 N–H and O–H groups in total. The van der Waals surface area contributed by atoms with Gasteiger partial charge < -0.3 is 49.6 Å². The van der Waals surface area contributed by atoms with E-state index in [4.69, 9.17) is 18.9 Å². The molecule has 3 heterocycles. The van der Waals surface area contributed by atoms with Crippen molar-refractivity contribution in [3.8, 4) is 11.5 Å². The van der Waals surface area contributed by atoms with E-state index in [0.29, 0.717) is 56.1 Å². The molecule has 7 fully saturated rings. The molecule has 7 unspecified atom stereocenters. The van der Waals surface area contributed by atoms with Gasteiger partial charge >= 0.3 is 5.97 Å². The topological polar surface area (TPSA) is 179 Å². The zero-order valence-electron chi connectivity index (χ0n) is 28.5. The predicted molar refractivity (Wildman–Crippen MR) is 169 cm³/mol. The van der Waals surface area contributed by atoms with Gasteiger partial charge in [-0.1, -0.05) is 13.8 Å². The van der Waals surface area contributed by atoms with Gasteiger partial charge in [0.2, 0.25) is 5.79 Å². The third-order valence-electron chi connectivity index (χ3n) is 14.9. The zero-order valence-corrected chi connectivity index (χ0v) is 28.5. The molecule has 266 valence electrons. The van der Waals surface area contributed by atoms with Crippen LogP contribution in [0.25, 0.3) is 0 Å². The summed E-state index contributed by atoms with van der Waals surface area (Å²) < 4.78 is 23.5. The molecule has 1 aromatic carbocycles. The third kappa shape index (κ3) is 3.66. The molecule has 12 heteroatoms. The molecule has 3 saturated heterocycles. The first kappa shape index (κ1) is 33.1. The molecule has 3 aliphatic heterocycles. The molecule has 4 saturated carbocycles. The minimum absolute atomic E-state index is 0.101. The Morgan fingerprint density at radius 1 is 0.896 bits per heavy atom. The van der Waals surface area contributed by atoms with E-state index in [1.54, 1.807) is 19.1 Å². The van der Waals surface area contributed by atoms with Crippen LogP contribution in [0.15, 0.2) is 18.2 Å². The van der Waals surface area contributed by atoms with Crippen molar-refractivity contribution in [1.29, 1.82) is 0 Å². The second-order valence-electron chi connectivity index (χ2n) is 16.8. The van der Waals surface area contributed by atoms with Crippen molar-refractivity contribution >= 4 is 5.97 Å². The number of nitrogens with zero attached hydrogens (tertiary/aromatic N) is 1. The summed E-state index contributed by atoms with van der Waals surface area (Å²) in [5.41, 5.74) is -9.44. The molecule has 48 heavy (non-hydrogen) atoms. The molecule has 1 spiro atoms. The number of hydrogen-bond acceptors (Lipinski definition) is 12. The fraction of sp³-hybridized carbons (Fsp3) is 0.806. The van der Waals surface area contributed by atoms with E-state index < -0.39 is 81.2 Å². The van der Waals surface area contributed by atoms with Gasteiger partial charge in [-0.25, -0.2) is 4.79 Å². The number of rotatable bonds is 4. The number of carbonyl (C=O) groups is 1. The number of aliphatic hydroxyl groups is 6. The fourth-order valence-corrected chi connectivity index (χ4v) is 12.6. The van der Waals surface area contributed by atoms with Gasteiger partial charge in [0.1, 0.15) is 22.4 Å². The monoisotopic (exact) mass is 673 g/mol. The van der Waals surface area contributed by atoms with Crippen molar-refractivity contribution in [2.45, 2.75) is 124 Å². The van der Waals surface area contributed by atoms with Crippen LogP contribution < -0.4 is 9.47 Å². The molecular formula is C36H51NO11. The summed E-state index contributed by atoms with van der Waals surface area (Å²) in [6, 6.07) is 4.28. The van der Waals surface area contributed by atoms with Crippen LogP contribution in [0.1, 0.15) is 82.5 Å². The van der Waals surface area contributed by atoms with Crippen LogP contribution in [0.3, 0.4) is 0 Å². The quantitative estimate of drug-likeness (QED) is 0.253. The van der Waals surface area contributed by atoms with E-state index >= 15 is 0 Å². The largest absolute Gasteiger partial charge is 0.493 e. The van der Waals surface area contributed by atoms with E-state index in [0.717, 1.165) is 6.42 Å². The van der Waals surface area contributed by atoms with Crippen molar-refractivity contribution in [3.05, 3.63) is 23.8 Å². The predicted octanol–water partition coefficient (Wildman–Crippen LogP) is 1.36. The van der Waals surface area contributed by atoms with E-state index in [9.17, 15) is 35.4 Å². The third-order valence-corrected chi connectivity index (χ3v) is 14.9. The number of ether oxygens (including phenoxy) is 4. The Balaban J connectivity index is 1.16. The summed E-state index contributed by atoms with van der Waals surface area (Å²) in [7, 11) is 2.97. The highest BCUT2D eigenvalue weighted by molar-refractivity contribution is 5.90. The molecule has 4 aliphatic carbocycles. The highest BCUT2D eigenvalue weighted by atomic mass is 16.7.